The van der Waals surface area contributed by atoms with Gasteiger partial charge in [0.25, 0.3) is 0 Å². The van der Waals surface area contributed by atoms with Gasteiger partial charge in [-0.25, -0.2) is 4.79 Å². The molecule has 0 aromatic carbocycles. The lowest BCUT2D eigenvalue weighted by atomic mass is 10.1. The van der Waals surface area contributed by atoms with E-state index in [1.807, 2.05) is 41.5 Å². The van der Waals surface area contributed by atoms with Crippen LogP contribution in [0.5, 0.6) is 0 Å². The first-order valence-corrected chi connectivity index (χ1v) is 7.26. The van der Waals surface area contributed by atoms with Crippen LogP contribution in [0.2, 0.25) is 0 Å². The summed E-state index contributed by atoms with van der Waals surface area (Å²) in [6, 6.07) is -0.0123. The zero-order valence-corrected chi connectivity index (χ0v) is 13.8. The molecule has 21 heavy (non-hydrogen) atoms. The summed E-state index contributed by atoms with van der Waals surface area (Å²) in [5.74, 6) is 0.519. The number of aliphatic imine (C=N–C) groups is 1. The fourth-order valence-corrected chi connectivity index (χ4v) is 1.89. The van der Waals surface area contributed by atoms with E-state index in [9.17, 15) is 4.79 Å². The summed E-state index contributed by atoms with van der Waals surface area (Å²) in [5.41, 5.74) is 5.76. The Morgan fingerprint density at radius 1 is 1.48 bits per heavy atom. The highest BCUT2D eigenvalue weighted by atomic mass is 16.6. The SMILES string of the molecule is CC(C)OC(=CN)C1=NCC(C)N(C(=O)OC(C)(C)C)C1. The van der Waals surface area contributed by atoms with E-state index in [2.05, 4.69) is 4.99 Å². The van der Waals surface area contributed by atoms with Crippen molar-refractivity contribution in [2.75, 3.05) is 13.1 Å². The smallest absolute Gasteiger partial charge is 0.410 e. The number of hydrogen-bond acceptors (Lipinski definition) is 5. The van der Waals surface area contributed by atoms with Crippen molar-refractivity contribution in [3.63, 3.8) is 0 Å². The molecule has 0 aliphatic carbocycles. The Balaban J connectivity index is 2.83. The lowest BCUT2D eigenvalue weighted by Gasteiger charge is -2.34. The number of rotatable bonds is 3. The summed E-state index contributed by atoms with van der Waals surface area (Å²) >= 11 is 0. The number of carbonyl (C=O) groups is 1. The van der Waals surface area contributed by atoms with Crippen molar-refractivity contribution in [1.29, 1.82) is 0 Å². The van der Waals surface area contributed by atoms with E-state index in [0.29, 0.717) is 24.6 Å². The van der Waals surface area contributed by atoms with Crippen molar-refractivity contribution in [2.45, 2.75) is 59.3 Å². The lowest BCUT2D eigenvalue weighted by Crippen LogP contribution is -2.49. The molecule has 1 heterocycles. The van der Waals surface area contributed by atoms with Gasteiger partial charge in [0, 0.05) is 6.20 Å². The summed E-state index contributed by atoms with van der Waals surface area (Å²) < 4.78 is 11.1. The van der Waals surface area contributed by atoms with Crippen LogP contribution in [0.25, 0.3) is 0 Å². The van der Waals surface area contributed by atoms with Crippen molar-refractivity contribution in [3.8, 4) is 0 Å². The van der Waals surface area contributed by atoms with Gasteiger partial charge in [-0.1, -0.05) is 0 Å². The largest absolute Gasteiger partial charge is 0.488 e. The highest BCUT2D eigenvalue weighted by molar-refractivity contribution is 6.01. The number of amides is 1. The predicted molar refractivity (Wildman–Crippen MR) is 83.2 cm³/mol. The second-order valence-corrected chi connectivity index (χ2v) is 6.44. The molecule has 0 radical (unpaired) electrons. The highest BCUT2D eigenvalue weighted by Crippen LogP contribution is 2.17. The van der Waals surface area contributed by atoms with E-state index in [1.165, 1.54) is 6.20 Å². The van der Waals surface area contributed by atoms with Gasteiger partial charge in [0.1, 0.15) is 5.60 Å². The van der Waals surface area contributed by atoms with E-state index >= 15 is 0 Å². The van der Waals surface area contributed by atoms with Crippen LogP contribution in [0.1, 0.15) is 41.5 Å². The van der Waals surface area contributed by atoms with Gasteiger partial charge in [-0.15, -0.1) is 0 Å². The first-order valence-electron chi connectivity index (χ1n) is 7.26. The van der Waals surface area contributed by atoms with Crippen molar-refractivity contribution in [2.24, 2.45) is 10.7 Å². The summed E-state index contributed by atoms with van der Waals surface area (Å²) in [6.07, 6.45) is 1.04. The van der Waals surface area contributed by atoms with Crippen LogP contribution in [-0.4, -0.2) is 47.5 Å². The average molecular weight is 297 g/mol. The molecule has 0 saturated heterocycles. The van der Waals surface area contributed by atoms with E-state index < -0.39 is 5.60 Å². The molecule has 1 rings (SSSR count). The average Bonchev–Trinajstić information content (AvgIpc) is 2.34. The normalized spacial score (nSPS) is 20.3. The van der Waals surface area contributed by atoms with E-state index in [1.54, 1.807) is 4.90 Å². The lowest BCUT2D eigenvalue weighted by molar-refractivity contribution is 0.0206. The molecular formula is C15H27N3O3. The highest BCUT2D eigenvalue weighted by Gasteiger charge is 2.31. The van der Waals surface area contributed by atoms with Crippen molar-refractivity contribution in [1.82, 2.24) is 4.90 Å². The molecule has 0 aromatic rings. The molecule has 0 fully saturated rings. The minimum absolute atomic E-state index is 0.00294. The van der Waals surface area contributed by atoms with Gasteiger partial charge >= 0.3 is 6.09 Å². The molecule has 6 heteroatoms. The summed E-state index contributed by atoms with van der Waals surface area (Å²) in [7, 11) is 0. The summed E-state index contributed by atoms with van der Waals surface area (Å²) in [4.78, 5) is 18.4. The monoisotopic (exact) mass is 297 g/mol. The Labute approximate surface area is 127 Å². The van der Waals surface area contributed by atoms with Crippen molar-refractivity contribution in [3.05, 3.63) is 12.0 Å². The summed E-state index contributed by atoms with van der Waals surface area (Å²) in [5, 5.41) is 0. The van der Waals surface area contributed by atoms with Gasteiger partial charge in [-0.2, -0.15) is 0 Å². The molecule has 0 bridgehead atoms. The van der Waals surface area contributed by atoms with Gasteiger partial charge < -0.3 is 15.2 Å². The third-order valence-electron chi connectivity index (χ3n) is 2.83. The van der Waals surface area contributed by atoms with Crippen LogP contribution < -0.4 is 5.73 Å². The van der Waals surface area contributed by atoms with Gasteiger partial charge in [0.05, 0.1) is 30.9 Å². The Hall–Kier alpha value is -1.72. The second kappa shape index (κ2) is 6.83. The number of hydrogen-bond donors (Lipinski definition) is 1. The topological polar surface area (TPSA) is 77.2 Å². The predicted octanol–water partition coefficient (Wildman–Crippen LogP) is 2.29. The zero-order chi connectivity index (χ0) is 16.2. The first kappa shape index (κ1) is 17.3. The van der Waals surface area contributed by atoms with Crippen molar-refractivity contribution < 1.29 is 14.3 Å². The van der Waals surface area contributed by atoms with Crippen LogP contribution in [0.15, 0.2) is 17.0 Å². The molecule has 6 nitrogen and oxygen atoms in total. The fourth-order valence-electron chi connectivity index (χ4n) is 1.89. The molecule has 1 aliphatic heterocycles. The Bertz CT molecular complexity index is 436. The molecule has 1 atom stereocenters. The molecule has 1 amide bonds. The van der Waals surface area contributed by atoms with Crippen LogP contribution in [0.3, 0.4) is 0 Å². The second-order valence-electron chi connectivity index (χ2n) is 6.44. The van der Waals surface area contributed by atoms with Gasteiger partial charge in [0.15, 0.2) is 5.76 Å². The van der Waals surface area contributed by atoms with Crippen LogP contribution >= 0.6 is 0 Å². The maximum absolute atomic E-state index is 12.3. The number of nitrogens with zero attached hydrogens (tertiary/aromatic N) is 2. The Morgan fingerprint density at radius 2 is 2.10 bits per heavy atom. The van der Waals surface area contributed by atoms with Crippen molar-refractivity contribution >= 4 is 11.8 Å². The third kappa shape index (κ3) is 5.28. The summed E-state index contributed by atoms with van der Waals surface area (Å²) in [6.45, 7) is 12.2. The molecule has 0 aromatic heterocycles. The zero-order valence-electron chi connectivity index (χ0n) is 13.8. The molecule has 1 aliphatic rings. The van der Waals surface area contributed by atoms with E-state index in [4.69, 9.17) is 15.2 Å². The third-order valence-corrected chi connectivity index (χ3v) is 2.83. The maximum Gasteiger partial charge on any atom is 0.410 e. The minimum atomic E-state index is -0.521. The first-order chi connectivity index (χ1) is 9.64. The van der Waals surface area contributed by atoms with E-state index in [0.717, 1.165) is 0 Å². The van der Waals surface area contributed by atoms with Crippen LogP contribution in [0, 0.1) is 0 Å². The molecule has 2 N–H and O–H groups in total. The Morgan fingerprint density at radius 3 is 2.57 bits per heavy atom. The molecule has 0 saturated carbocycles. The molecule has 0 spiro atoms. The quantitative estimate of drug-likeness (QED) is 0.811. The number of carbonyl (C=O) groups excluding carboxylic acids is 1. The number of nitrogens with two attached hydrogens (primary N) is 1. The molecule has 120 valence electrons. The van der Waals surface area contributed by atoms with Crippen LogP contribution in [-0.2, 0) is 9.47 Å². The van der Waals surface area contributed by atoms with Gasteiger partial charge in [-0.3, -0.25) is 9.89 Å². The fraction of sp³-hybridized carbons (Fsp3) is 0.733. The molecular weight excluding hydrogens is 270 g/mol. The van der Waals surface area contributed by atoms with Gasteiger partial charge in [0.2, 0.25) is 0 Å². The van der Waals surface area contributed by atoms with Gasteiger partial charge in [-0.05, 0) is 41.5 Å². The van der Waals surface area contributed by atoms with Crippen LogP contribution in [0.4, 0.5) is 4.79 Å². The molecule has 1 unspecified atom stereocenters. The Kier molecular flexibility index (Phi) is 5.63. The minimum Gasteiger partial charge on any atom is -0.488 e. The maximum atomic E-state index is 12.3. The standard InChI is InChI=1S/C15H27N3O3/c1-10(2)20-13(7-16)12-9-18(11(3)8-17-12)14(19)21-15(4,5)6/h7,10-11H,8-9,16H2,1-6H3. The van der Waals surface area contributed by atoms with E-state index in [-0.39, 0.29) is 18.2 Å². The number of ether oxygens (including phenoxy) is 2.